The van der Waals surface area contributed by atoms with Crippen LogP contribution in [0.1, 0.15) is 18.2 Å². The first kappa shape index (κ1) is 16.1. The summed E-state index contributed by atoms with van der Waals surface area (Å²) in [6.07, 6.45) is 1.52. The molecule has 2 N–H and O–H groups in total. The molecule has 7 nitrogen and oxygen atoms in total. The SMILES string of the molecule is Nc1ccn(C2SC(COP3OCCCO3)CC2F)c(=O)n1. The van der Waals surface area contributed by atoms with Crippen molar-refractivity contribution in [3.05, 3.63) is 22.7 Å². The standard InChI is InChI=1S/C12H17FN3O4PS/c13-9-6-8(7-20-21-18-4-1-5-19-21)22-11(9)16-3-2-10(14)15-12(16)17/h2-3,8-9,11H,1,4-7H2,(H2,14,15,17). The highest BCUT2D eigenvalue weighted by Crippen LogP contribution is 2.47. The van der Waals surface area contributed by atoms with Gasteiger partial charge < -0.3 is 19.3 Å². The van der Waals surface area contributed by atoms with Gasteiger partial charge in [0.25, 0.3) is 0 Å². The lowest BCUT2D eigenvalue weighted by atomic mass is 10.2. The van der Waals surface area contributed by atoms with Gasteiger partial charge in [-0.1, -0.05) is 0 Å². The van der Waals surface area contributed by atoms with Gasteiger partial charge in [0, 0.05) is 11.4 Å². The molecule has 3 rings (SSSR count). The lowest BCUT2D eigenvalue weighted by molar-refractivity contribution is 0.114. The molecule has 122 valence electrons. The normalized spacial score (nSPS) is 29.8. The Morgan fingerprint density at radius 3 is 3.05 bits per heavy atom. The number of nitrogens with zero attached hydrogens (tertiary/aromatic N) is 2. The first-order valence-electron chi connectivity index (χ1n) is 6.96. The van der Waals surface area contributed by atoms with Crippen LogP contribution in [-0.2, 0) is 13.6 Å². The average molecular weight is 349 g/mol. The van der Waals surface area contributed by atoms with Crippen molar-refractivity contribution < 1.29 is 18.0 Å². The number of nitrogen functional groups attached to an aromatic ring is 1. The smallest absolute Gasteiger partial charge is 0.350 e. The van der Waals surface area contributed by atoms with Gasteiger partial charge in [-0.3, -0.25) is 4.57 Å². The largest absolute Gasteiger partial charge is 0.383 e. The summed E-state index contributed by atoms with van der Waals surface area (Å²) in [6, 6.07) is 1.49. The van der Waals surface area contributed by atoms with Gasteiger partial charge in [0.15, 0.2) is 0 Å². The fourth-order valence-corrected chi connectivity index (χ4v) is 4.86. The molecule has 2 aliphatic heterocycles. The molecular weight excluding hydrogens is 332 g/mol. The zero-order valence-electron chi connectivity index (χ0n) is 11.8. The first-order chi connectivity index (χ1) is 10.6. The number of anilines is 1. The summed E-state index contributed by atoms with van der Waals surface area (Å²) in [6.45, 7) is 1.60. The van der Waals surface area contributed by atoms with E-state index < -0.39 is 25.8 Å². The molecule has 0 spiro atoms. The Hall–Kier alpha value is -0.730. The van der Waals surface area contributed by atoms with E-state index in [2.05, 4.69) is 4.98 Å². The summed E-state index contributed by atoms with van der Waals surface area (Å²) in [5.41, 5.74) is 4.91. The highest BCUT2D eigenvalue weighted by Gasteiger charge is 2.37. The van der Waals surface area contributed by atoms with E-state index in [-0.39, 0.29) is 11.1 Å². The van der Waals surface area contributed by atoms with Crippen molar-refractivity contribution in [1.29, 1.82) is 0 Å². The topological polar surface area (TPSA) is 88.6 Å². The molecule has 0 radical (unpaired) electrons. The lowest BCUT2D eigenvalue weighted by Crippen LogP contribution is -2.28. The zero-order chi connectivity index (χ0) is 15.5. The second-order valence-corrected chi connectivity index (χ2v) is 7.63. The maximum atomic E-state index is 14.2. The molecule has 0 bridgehead atoms. The molecule has 10 heteroatoms. The summed E-state index contributed by atoms with van der Waals surface area (Å²) in [5.74, 6) is 0.133. The van der Waals surface area contributed by atoms with Crippen LogP contribution in [0.25, 0.3) is 0 Å². The van der Waals surface area contributed by atoms with E-state index in [9.17, 15) is 9.18 Å². The zero-order valence-corrected chi connectivity index (χ0v) is 13.5. The number of hydrogen-bond donors (Lipinski definition) is 1. The van der Waals surface area contributed by atoms with E-state index in [1.54, 1.807) is 0 Å². The summed E-state index contributed by atoms with van der Waals surface area (Å²) in [5, 5.41) is -0.656. The summed E-state index contributed by atoms with van der Waals surface area (Å²) < 4.78 is 31.8. The molecule has 0 amide bonds. The van der Waals surface area contributed by atoms with Crippen LogP contribution in [0.3, 0.4) is 0 Å². The van der Waals surface area contributed by atoms with E-state index in [1.807, 2.05) is 0 Å². The van der Waals surface area contributed by atoms with Gasteiger partial charge in [0.1, 0.15) is 17.4 Å². The summed E-state index contributed by atoms with van der Waals surface area (Å²) >= 11 is 1.36. The fraction of sp³-hybridized carbons (Fsp3) is 0.667. The molecule has 22 heavy (non-hydrogen) atoms. The molecule has 0 saturated carbocycles. The van der Waals surface area contributed by atoms with Crippen LogP contribution in [0.2, 0.25) is 0 Å². The van der Waals surface area contributed by atoms with Gasteiger partial charge in [-0.2, -0.15) is 4.98 Å². The van der Waals surface area contributed by atoms with Crippen molar-refractivity contribution in [1.82, 2.24) is 9.55 Å². The molecule has 1 aromatic rings. The number of hydrogen-bond acceptors (Lipinski definition) is 7. The average Bonchev–Trinajstić information content (AvgIpc) is 2.87. The number of nitrogens with two attached hydrogens (primary N) is 1. The second kappa shape index (κ2) is 7.23. The van der Waals surface area contributed by atoms with Crippen molar-refractivity contribution in [3.63, 3.8) is 0 Å². The van der Waals surface area contributed by atoms with E-state index in [0.717, 1.165) is 6.42 Å². The van der Waals surface area contributed by atoms with Gasteiger partial charge in [-0.15, -0.1) is 11.8 Å². The molecule has 3 heterocycles. The number of aromatic nitrogens is 2. The van der Waals surface area contributed by atoms with E-state index in [1.165, 1.54) is 28.6 Å². The van der Waals surface area contributed by atoms with Crippen LogP contribution in [0, 0.1) is 0 Å². The molecule has 2 fully saturated rings. The van der Waals surface area contributed by atoms with Gasteiger partial charge in [0.2, 0.25) is 0 Å². The molecule has 2 aliphatic rings. The van der Waals surface area contributed by atoms with Crippen LogP contribution < -0.4 is 11.4 Å². The third-order valence-corrected chi connectivity index (χ3v) is 5.96. The molecule has 0 aromatic carbocycles. The predicted octanol–water partition coefficient (Wildman–Crippen LogP) is 1.85. The number of rotatable bonds is 4. The molecule has 1 aromatic heterocycles. The molecule has 3 unspecified atom stereocenters. The van der Waals surface area contributed by atoms with Crippen LogP contribution >= 0.6 is 20.4 Å². The summed E-state index contributed by atoms with van der Waals surface area (Å²) in [7, 11) is -1.31. The lowest BCUT2D eigenvalue weighted by Gasteiger charge is -2.22. The maximum absolute atomic E-state index is 14.2. The molecule has 3 atom stereocenters. The first-order valence-corrected chi connectivity index (χ1v) is 9.00. The monoisotopic (exact) mass is 349 g/mol. The van der Waals surface area contributed by atoms with Crippen LogP contribution in [0.15, 0.2) is 17.1 Å². The molecule has 0 aliphatic carbocycles. The third-order valence-electron chi connectivity index (χ3n) is 3.30. The van der Waals surface area contributed by atoms with Crippen molar-refractivity contribution >= 4 is 26.2 Å². The summed E-state index contributed by atoms with van der Waals surface area (Å²) in [4.78, 5) is 15.4. The maximum Gasteiger partial charge on any atom is 0.350 e. The minimum absolute atomic E-state index is 0.0546. The van der Waals surface area contributed by atoms with Gasteiger partial charge in [-0.25, -0.2) is 9.18 Å². The Balaban J connectivity index is 1.58. The Kier molecular flexibility index (Phi) is 5.30. The van der Waals surface area contributed by atoms with Crippen molar-refractivity contribution in [2.75, 3.05) is 25.6 Å². The van der Waals surface area contributed by atoms with Gasteiger partial charge in [-0.05, 0) is 18.9 Å². The molecule has 2 saturated heterocycles. The number of thioether (sulfide) groups is 1. The van der Waals surface area contributed by atoms with Crippen LogP contribution in [0.5, 0.6) is 0 Å². The fourth-order valence-electron chi connectivity index (χ4n) is 2.27. The van der Waals surface area contributed by atoms with E-state index in [0.29, 0.717) is 26.2 Å². The highest BCUT2D eigenvalue weighted by atomic mass is 32.2. The second-order valence-electron chi connectivity index (χ2n) is 4.98. The van der Waals surface area contributed by atoms with E-state index >= 15 is 0 Å². The predicted molar refractivity (Wildman–Crippen MR) is 82.2 cm³/mol. The van der Waals surface area contributed by atoms with Gasteiger partial charge >= 0.3 is 14.3 Å². The quantitative estimate of drug-likeness (QED) is 0.830. The molecular formula is C12H17FN3O4PS. The minimum atomic E-state index is -1.31. The van der Waals surface area contributed by atoms with Gasteiger partial charge in [0.05, 0.1) is 19.8 Å². The number of halogens is 1. The van der Waals surface area contributed by atoms with Crippen LogP contribution in [0.4, 0.5) is 10.2 Å². The van der Waals surface area contributed by atoms with Crippen molar-refractivity contribution in [2.24, 2.45) is 0 Å². The Labute approximate surface area is 132 Å². The van der Waals surface area contributed by atoms with Crippen molar-refractivity contribution in [3.8, 4) is 0 Å². The Morgan fingerprint density at radius 2 is 2.32 bits per heavy atom. The number of alkyl halides is 1. The highest BCUT2D eigenvalue weighted by molar-refractivity contribution is 8.00. The Bertz CT molecular complexity index is 572. The Morgan fingerprint density at radius 1 is 1.55 bits per heavy atom. The minimum Gasteiger partial charge on any atom is -0.383 e. The van der Waals surface area contributed by atoms with E-state index in [4.69, 9.17) is 19.3 Å². The van der Waals surface area contributed by atoms with Crippen LogP contribution in [-0.4, -0.2) is 40.8 Å². The van der Waals surface area contributed by atoms with Crippen molar-refractivity contribution in [2.45, 2.75) is 29.6 Å². The third kappa shape index (κ3) is 3.78.